The van der Waals surface area contributed by atoms with Crippen LogP contribution in [0, 0.1) is 5.92 Å². The Labute approximate surface area is 138 Å². The third-order valence-electron chi connectivity index (χ3n) is 4.50. The maximum atomic E-state index is 12.4. The number of hydroxylamine groups is 2. The van der Waals surface area contributed by atoms with E-state index in [-0.39, 0.29) is 17.9 Å². The number of likely N-dealkylation sites (N-methyl/N-ethyl adjacent to an activating group) is 1. The van der Waals surface area contributed by atoms with E-state index in [1.807, 2.05) is 24.3 Å². The molecular weight excluding hydrogens is 312 g/mol. The number of likely N-dealkylation sites (tertiary alicyclic amines) is 1. The highest BCUT2D eigenvalue weighted by Gasteiger charge is 2.58. The van der Waals surface area contributed by atoms with Crippen LogP contribution in [0.3, 0.4) is 0 Å². The molecule has 6 heteroatoms. The minimum atomic E-state index is -0.690. The molecule has 3 atom stereocenters. The molecule has 118 valence electrons. The zero-order chi connectivity index (χ0) is 16.1. The van der Waals surface area contributed by atoms with Gasteiger partial charge in [-0.05, 0) is 17.7 Å². The molecule has 4 rings (SSSR count). The van der Waals surface area contributed by atoms with Gasteiger partial charge in [0.15, 0.2) is 6.10 Å². The van der Waals surface area contributed by atoms with Crippen LogP contribution in [0.1, 0.15) is 10.9 Å². The van der Waals surface area contributed by atoms with Crippen molar-refractivity contribution >= 4 is 23.2 Å². The molecule has 0 unspecified atom stereocenters. The standard InChI is InChI=1S/C17H16N2O3S/c1-18-16(20)13-14(19(2)22-15(13)17(18)21)12-9-8-11(23-12)10-6-4-3-5-7-10/h3-9,13-15H,1-2H3/t13-,14+,15+/m0/s1. The van der Waals surface area contributed by atoms with Crippen LogP contribution in [0.25, 0.3) is 10.4 Å². The first kappa shape index (κ1) is 14.6. The molecule has 0 saturated carbocycles. The Morgan fingerprint density at radius 2 is 1.74 bits per heavy atom. The normalized spacial score (nSPS) is 27.7. The van der Waals surface area contributed by atoms with Gasteiger partial charge in [-0.2, -0.15) is 5.06 Å². The summed E-state index contributed by atoms with van der Waals surface area (Å²) >= 11 is 1.64. The summed E-state index contributed by atoms with van der Waals surface area (Å²) in [5.41, 5.74) is 1.15. The second-order valence-corrected chi connectivity index (χ2v) is 6.96. The highest BCUT2D eigenvalue weighted by Crippen LogP contribution is 2.46. The Kier molecular flexibility index (Phi) is 3.33. The maximum Gasteiger partial charge on any atom is 0.261 e. The van der Waals surface area contributed by atoms with Gasteiger partial charge in [0.2, 0.25) is 5.91 Å². The molecule has 0 spiro atoms. The Morgan fingerprint density at radius 3 is 2.48 bits per heavy atom. The summed E-state index contributed by atoms with van der Waals surface area (Å²) in [4.78, 5) is 33.5. The summed E-state index contributed by atoms with van der Waals surface area (Å²) in [6, 6.07) is 14.0. The molecule has 3 heterocycles. The van der Waals surface area contributed by atoms with Crippen molar-refractivity contribution in [2.75, 3.05) is 14.1 Å². The summed E-state index contributed by atoms with van der Waals surface area (Å²) in [6.45, 7) is 0. The number of carbonyl (C=O) groups is 2. The van der Waals surface area contributed by atoms with Crippen LogP contribution < -0.4 is 0 Å². The van der Waals surface area contributed by atoms with Crippen LogP contribution in [0.5, 0.6) is 0 Å². The number of benzene rings is 1. The molecule has 5 nitrogen and oxygen atoms in total. The van der Waals surface area contributed by atoms with Gasteiger partial charge in [-0.15, -0.1) is 11.3 Å². The highest BCUT2D eigenvalue weighted by atomic mass is 32.1. The summed E-state index contributed by atoms with van der Waals surface area (Å²) in [6.07, 6.45) is -0.690. The smallest absolute Gasteiger partial charge is 0.261 e. The van der Waals surface area contributed by atoms with Gasteiger partial charge in [-0.1, -0.05) is 30.3 Å². The second-order valence-electron chi connectivity index (χ2n) is 5.85. The van der Waals surface area contributed by atoms with Gasteiger partial charge in [0.05, 0.1) is 12.0 Å². The topological polar surface area (TPSA) is 49.9 Å². The van der Waals surface area contributed by atoms with Crippen molar-refractivity contribution in [3.05, 3.63) is 47.3 Å². The Bertz CT molecular complexity index is 773. The lowest BCUT2D eigenvalue weighted by Gasteiger charge is -2.21. The van der Waals surface area contributed by atoms with Gasteiger partial charge < -0.3 is 0 Å². The third-order valence-corrected chi connectivity index (χ3v) is 5.71. The molecule has 2 aliphatic heterocycles. The van der Waals surface area contributed by atoms with Crippen LogP contribution >= 0.6 is 11.3 Å². The molecule has 1 aromatic heterocycles. The van der Waals surface area contributed by atoms with Crippen molar-refractivity contribution in [1.29, 1.82) is 0 Å². The van der Waals surface area contributed by atoms with E-state index >= 15 is 0 Å². The van der Waals surface area contributed by atoms with Crippen molar-refractivity contribution in [1.82, 2.24) is 9.96 Å². The van der Waals surface area contributed by atoms with Gasteiger partial charge in [-0.25, -0.2) is 0 Å². The SMILES string of the molecule is CN1C(=O)[C@H]2[C@@H](c3ccc(-c4ccccc4)s3)N(C)O[C@H]2C1=O. The molecular formula is C17H16N2O3S. The monoisotopic (exact) mass is 328 g/mol. The first-order chi connectivity index (χ1) is 11.1. The fraction of sp³-hybridized carbons (Fsp3) is 0.294. The molecule has 0 N–H and O–H groups in total. The molecule has 2 aliphatic rings. The fourth-order valence-electron chi connectivity index (χ4n) is 3.31. The Hall–Kier alpha value is -2.02. The fourth-order valence-corrected chi connectivity index (χ4v) is 4.51. The summed E-state index contributed by atoms with van der Waals surface area (Å²) in [7, 11) is 3.30. The number of hydrogen-bond acceptors (Lipinski definition) is 5. The molecule has 2 aromatic rings. The first-order valence-corrected chi connectivity index (χ1v) is 8.26. The summed E-state index contributed by atoms with van der Waals surface area (Å²) in [5, 5.41) is 1.65. The van der Waals surface area contributed by atoms with E-state index in [2.05, 4.69) is 18.2 Å². The molecule has 23 heavy (non-hydrogen) atoms. The number of fused-ring (bicyclic) bond motifs is 1. The lowest BCUT2D eigenvalue weighted by molar-refractivity contribution is -0.168. The van der Waals surface area contributed by atoms with E-state index in [9.17, 15) is 9.59 Å². The van der Waals surface area contributed by atoms with Crippen LogP contribution in [0.4, 0.5) is 0 Å². The predicted octanol–water partition coefficient (Wildman–Crippen LogP) is 2.32. The number of rotatable bonds is 2. The molecule has 2 amide bonds. The summed E-state index contributed by atoms with van der Waals surface area (Å²) < 4.78 is 0. The number of carbonyl (C=O) groups excluding carboxylic acids is 2. The lowest BCUT2D eigenvalue weighted by Crippen LogP contribution is -2.33. The quantitative estimate of drug-likeness (QED) is 0.794. The minimum Gasteiger partial charge on any atom is -0.284 e. The Morgan fingerprint density at radius 1 is 1.00 bits per heavy atom. The average molecular weight is 328 g/mol. The van der Waals surface area contributed by atoms with Gasteiger partial charge in [0, 0.05) is 23.8 Å². The van der Waals surface area contributed by atoms with Crippen LogP contribution in [-0.2, 0) is 14.4 Å². The molecule has 0 bridgehead atoms. The van der Waals surface area contributed by atoms with Crippen LogP contribution in [0.2, 0.25) is 0 Å². The van der Waals surface area contributed by atoms with E-state index in [1.54, 1.807) is 23.4 Å². The number of hydrogen-bond donors (Lipinski definition) is 0. The lowest BCUT2D eigenvalue weighted by atomic mass is 9.96. The average Bonchev–Trinajstić information content (AvgIpc) is 3.22. The van der Waals surface area contributed by atoms with Crippen molar-refractivity contribution in [2.45, 2.75) is 12.1 Å². The van der Waals surface area contributed by atoms with Gasteiger partial charge in [0.1, 0.15) is 0 Å². The summed E-state index contributed by atoms with van der Waals surface area (Å²) in [5.74, 6) is -0.877. The highest BCUT2D eigenvalue weighted by molar-refractivity contribution is 7.15. The predicted molar refractivity (Wildman–Crippen MR) is 86.4 cm³/mol. The van der Waals surface area contributed by atoms with Crippen molar-refractivity contribution in [2.24, 2.45) is 5.92 Å². The van der Waals surface area contributed by atoms with Crippen molar-refractivity contribution in [3.63, 3.8) is 0 Å². The minimum absolute atomic E-state index is 0.163. The zero-order valence-corrected chi connectivity index (χ0v) is 13.6. The van der Waals surface area contributed by atoms with Crippen molar-refractivity contribution < 1.29 is 14.4 Å². The van der Waals surface area contributed by atoms with Gasteiger partial charge in [-0.3, -0.25) is 19.3 Å². The Balaban J connectivity index is 1.69. The molecule has 0 radical (unpaired) electrons. The molecule has 0 aliphatic carbocycles. The number of amides is 2. The van der Waals surface area contributed by atoms with E-state index < -0.39 is 12.0 Å². The third kappa shape index (κ3) is 2.14. The number of nitrogens with zero attached hydrogens (tertiary/aromatic N) is 2. The zero-order valence-electron chi connectivity index (χ0n) is 12.8. The maximum absolute atomic E-state index is 12.4. The van der Waals surface area contributed by atoms with E-state index in [4.69, 9.17) is 4.84 Å². The first-order valence-electron chi connectivity index (χ1n) is 7.44. The second kappa shape index (κ2) is 5.26. The van der Waals surface area contributed by atoms with E-state index in [0.717, 1.165) is 15.3 Å². The van der Waals surface area contributed by atoms with Crippen LogP contribution in [0.15, 0.2) is 42.5 Å². The molecule has 2 fully saturated rings. The largest absolute Gasteiger partial charge is 0.284 e. The molecule has 1 aromatic carbocycles. The van der Waals surface area contributed by atoms with Crippen LogP contribution in [-0.4, -0.2) is 42.0 Å². The van der Waals surface area contributed by atoms with Crippen molar-refractivity contribution in [3.8, 4) is 10.4 Å². The van der Waals surface area contributed by atoms with Gasteiger partial charge >= 0.3 is 0 Å². The number of imide groups is 1. The van der Waals surface area contributed by atoms with E-state index in [0.29, 0.717) is 0 Å². The van der Waals surface area contributed by atoms with E-state index in [1.165, 1.54) is 11.9 Å². The number of thiophene rings is 1. The van der Waals surface area contributed by atoms with Gasteiger partial charge in [0.25, 0.3) is 5.91 Å². The molecule has 2 saturated heterocycles.